The summed E-state index contributed by atoms with van der Waals surface area (Å²) in [5, 5.41) is 9.65. The minimum absolute atomic E-state index is 0.0261. The monoisotopic (exact) mass is 598 g/mol. The molecule has 1 saturated heterocycles. The number of carbonyl (C=O) groups is 1. The van der Waals surface area contributed by atoms with Crippen molar-refractivity contribution in [2.24, 2.45) is 5.92 Å². The molecule has 0 unspecified atom stereocenters. The van der Waals surface area contributed by atoms with Crippen molar-refractivity contribution in [1.82, 2.24) is 24.4 Å². The number of nitrogens with zero attached hydrogens (tertiary/aromatic N) is 6. The molecule has 2 aliphatic carbocycles. The molecule has 0 radical (unpaired) electrons. The lowest BCUT2D eigenvalue weighted by Gasteiger charge is -2.38. The van der Waals surface area contributed by atoms with Gasteiger partial charge in [-0.2, -0.15) is 9.97 Å². The summed E-state index contributed by atoms with van der Waals surface area (Å²) in [6.45, 7) is 2.55. The molecule has 43 heavy (non-hydrogen) atoms. The lowest BCUT2D eigenvalue weighted by Crippen LogP contribution is -2.47. The van der Waals surface area contributed by atoms with E-state index in [1.165, 1.54) is 11.0 Å². The summed E-state index contributed by atoms with van der Waals surface area (Å²) >= 11 is 0. The molecule has 0 spiro atoms. The number of morpholine rings is 1. The van der Waals surface area contributed by atoms with Gasteiger partial charge in [-0.25, -0.2) is 13.8 Å². The van der Waals surface area contributed by atoms with Crippen LogP contribution in [0.15, 0.2) is 30.3 Å². The first-order valence-electron chi connectivity index (χ1n) is 15.6. The van der Waals surface area contributed by atoms with Crippen molar-refractivity contribution in [3.8, 4) is 11.7 Å². The Hall–Kier alpha value is -3.38. The maximum Gasteiger partial charge on any atom is 0.296 e. The van der Waals surface area contributed by atoms with Crippen LogP contribution in [0, 0.1) is 5.92 Å². The summed E-state index contributed by atoms with van der Waals surface area (Å²) in [7, 11) is 0. The maximum atomic E-state index is 14.2. The van der Waals surface area contributed by atoms with Gasteiger partial charge in [0.2, 0.25) is 17.7 Å². The number of fused-ring (bicyclic) bond motifs is 1. The number of aromatic nitrogens is 4. The van der Waals surface area contributed by atoms with Crippen LogP contribution in [0.3, 0.4) is 0 Å². The van der Waals surface area contributed by atoms with Crippen molar-refractivity contribution >= 4 is 22.9 Å². The summed E-state index contributed by atoms with van der Waals surface area (Å²) < 4.78 is 41.6. The topological polar surface area (TPSA) is 106 Å². The van der Waals surface area contributed by atoms with Crippen LogP contribution >= 0.6 is 0 Å². The van der Waals surface area contributed by atoms with E-state index >= 15 is 0 Å². The molecular weight excluding hydrogens is 558 g/mol. The highest BCUT2D eigenvalue weighted by molar-refractivity contribution is 5.79. The number of benzene rings is 1. The average Bonchev–Trinajstić information content (AvgIpc) is 3.45. The van der Waals surface area contributed by atoms with Gasteiger partial charge in [-0.1, -0.05) is 31.4 Å². The number of aliphatic hydroxyl groups excluding tert-OH is 1. The van der Waals surface area contributed by atoms with E-state index in [-0.39, 0.29) is 42.2 Å². The number of para-hydroxylation sites is 2. The Bertz CT molecular complexity index is 1380. The summed E-state index contributed by atoms with van der Waals surface area (Å²) in [4.78, 5) is 31.0. The SMILES string of the molecule is O=C([C@H]1CC[C@H](Oc2cc(-n3c(C(F)F)nc4ccccc43)nc(N3CCOCC3)n2)CC1)N(CCO)C1CCCCC1. The molecule has 3 heterocycles. The second-order valence-electron chi connectivity index (χ2n) is 11.7. The third-order valence-corrected chi connectivity index (χ3v) is 8.93. The molecule has 2 saturated carbocycles. The Morgan fingerprint density at radius 2 is 1.77 bits per heavy atom. The summed E-state index contributed by atoms with van der Waals surface area (Å²) in [5.41, 5.74) is 0.984. The molecular formula is C31H40F2N6O4. The summed E-state index contributed by atoms with van der Waals surface area (Å²) in [5.74, 6) is 0.636. The fourth-order valence-corrected chi connectivity index (χ4v) is 6.72. The number of aliphatic hydroxyl groups is 1. The molecule has 3 aliphatic rings. The van der Waals surface area contributed by atoms with Crippen LogP contribution in [0.5, 0.6) is 5.88 Å². The van der Waals surface area contributed by atoms with Crippen LogP contribution in [0.4, 0.5) is 14.7 Å². The molecule has 2 aromatic heterocycles. The first-order valence-corrected chi connectivity index (χ1v) is 15.6. The zero-order valence-corrected chi connectivity index (χ0v) is 24.4. The predicted molar refractivity (Wildman–Crippen MR) is 157 cm³/mol. The van der Waals surface area contributed by atoms with Crippen LogP contribution in [-0.4, -0.2) is 87.0 Å². The number of hydrogen-bond donors (Lipinski definition) is 1. The van der Waals surface area contributed by atoms with Gasteiger partial charge < -0.3 is 24.4 Å². The van der Waals surface area contributed by atoms with Gasteiger partial charge in [0.05, 0.1) is 30.9 Å². The van der Waals surface area contributed by atoms with Crippen molar-refractivity contribution < 1.29 is 28.2 Å². The fraction of sp³-hybridized carbons (Fsp3) is 0.613. The molecule has 1 amide bonds. The number of imidazole rings is 1. The molecule has 12 heteroatoms. The van der Waals surface area contributed by atoms with E-state index in [4.69, 9.17) is 19.4 Å². The van der Waals surface area contributed by atoms with E-state index in [0.29, 0.717) is 81.4 Å². The van der Waals surface area contributed by atoms with Gasteiger partial charge in [-0.05, 0) is 50.7 Å². The van der Waals surface area contributed by atoms with Gasteiger partial charge in [-0.15, -0.1) is 0 Å². The van der Waals surface area contributed by atoms with E-state index in [1.54, 1.807) is 30.3 Å². The molecule has 10 nitrogen and oxygen atoms in total. The van der Waals surface area contributed by atoms with Crippen LogP contribution in [0.25, 0.3) is 16.9 Å². The standard InChI is InChI=1S/C31H40F2N6O4/c32-28(33)29-34-24-8-4-5-9-25(24)39(29)26-20-27(36-31(35-26)37-15-18-42-19-16-37)43-23-12-10-21(11-13-23)30(41)38(14-17-40)22-6-2-1-3-7-22/h4-5,8-9,20-23,28,40H,1-3,6-7,10-19H2/t21-,23-. The lowest BCUT2D eigenvalue weighted by atomic mass is 9.85. The molecule has 3 aromatic rings. The quantitative estimate of drug-likeness (QED) is 0.379. The van der Waals surface area contributed by atoms with Crippen LogP contribution in [0.1, 0.15) is 70.0 Å². The number of anilines is 1. The number of amides is 1. The number of alkyl halides is 2. The fourth-order valence-electron chi connectivity index (χ4n) is 6.72. The van der Waals surface area contributed by atoms with E-state index < -0.39 is 6.43 Å². The zero-order chi connectivity index (χ0) is 29.8. The van der Waals surface area contributed by atoms with Crippen LogP contribution in [0.2, 0.25) is 0 Å². The number of ether oxygens (including phenoxy) is 2. The van der Waals surface area contributed by atoms with Crippen LogP contribution < -0.4 is 9.64 Å². The number of hydrogen-bond acceptors (Lipinski definition) is 8. The first-order chi connectivity index (χ1) is 21.0. The predicted octanol–water partition coefficient (Wildman–Crippen LogP) is 4.68. The molecule has 0 atom stereocenters. The third kappa shape index (κ3) is 6.59. The Labute approximate surface area is 250 Å². The summed E-state index contributed by atoms with van der Waals surface area (Å²) in [6.07, 6.45) is 5.23. The molecule has 6 rings (SSSR count). The first kappa shape index (κ1) is 29.7. The van der Waals surface area contributed by atoms with Gasteiger partial charge in [0.25, 0.3) is 6.43 Å². The largest absolute Gasteiger partial charge is 0.474 e. The molecule has 1 aliphatic heterocycles. The molecule has 1 aromatic carbocycles. The second kappa shape index (κ2) is 13.5. The zero-order valence-electron chi connectivity index (χ0n) is 24.4. The number of rotatable bonds is 9. The second-order valence-corrected chi connectivity index (χ2v) is 11.7. The summed E-state index contributed by atoms with van der Waals surface area (Å²) in [6, 6.07) is 8.83. The van der Waals surface area contributed by atoms with E-state index in [0.717, 1.165) is 25.7 Å². The highest BCUT2D eigenvalue weighted by Crippen LogP contribution is 2.33. The lowest BCUT2D eigenvalue weighted by molar-refractivity contribution is -0.140. The molecule has 3 fully saturated rings. The highest BCUT2D eigenvalue weighted by Gasteiger charge is 2.34. The van der Waals surface area contributed by atoms with E-state index in [2.05, 4.69) is 4.98 Å². The number of halogens is 2. The van der Waals surface area contributed by atoms with Crippen molar-refractivity contribution in [2.75, 3.05) is 44.4 Å². The molecule has 232 valence electrons. The smallest absolute Gasteiger partial charge is 0.296 e. The molecule has 1 N–H and O–H groups in total. The van der Waals surface area contributed by atoms with E-state index in [1.807, 2.05) is 9.80 Å². The third-order valence-electron chi connectivity index (χ3n) is 8.93. The molecule has 0 bridgehead atoms. The van der Waals surface area contributed by atoms with Crippen LogP contribution in [-0.2, 0) is 9.53 Å². The Kier molecular flexibility index (Phi) is 9.32. The highest BCUT2D eigenvalue weighted by atomic mass is 19.3. The normalized spacial score (nSPS) is 21.8. The van der Waals surface area contributed by atoms with Crippen molar-refractivity contribution in [1.29, 1.82) is 0 Å². The van der Waals surface area contributed by atoms with Crippen molar-refractivity contribution in [3.05, 3.63) is 36.2 Å². The number of carbonyl (C=O) groups excluding carboxylic acids is 1. The minimum Gasteiger partial charge on any atom is -0.474 e. The van der Waals surface area contributed by atoms with E-state index in [9.17, 15) is 18.7 Å². The van der Waals surface area contributed by atoms with Gasteiger partial charge >= 0.3 is 0 Å². The average molecular weight is 599 g/mol. The van der Waals surface area contributed by atoms with Gasteiger partial charge in [0, 0.05) is 37.7 Å². The van der Waals surface area contributed by atoms with Gasteiger partial charge in [0.15, 0.2) is 5.82 Å². The van der Waals surface area contributed by atoms with Crippen molar-refractivity contribution in [3.63, 3.8) is 0 Å². The Morgan fingerprint density at radius 1 is 1.02 bits per heavy atom. The minimum atomic E-state index is -2.80. The van der Waals surface area contributed by atoms with Gasteiger partial charge in [0.1, 0.15) is 11.9 Å². The Balaban J connectivity index is 1.22. The Morgan fingerprint density at radius 3 is 2.49 bits per heavy atom. The van der Waals surface area contributed by atoms with Gasteiger partial charge in [-0.3, -0.25) is 9.36 Å². The van der Waals surface area contributed by atoms with Crippen molar-refractivity contribution in [2.45, 2.75) is 76.4 Å². The maximum absolute atomic E-state index is 14.2.